The number of thioether (sulfide) groups is 1. The van der Waals surface area contributed by atoms with Crippen LogP contribution in [0.5, 0.6) is 0 Å². The van der Waals surface area contributed by atoms with E-state index in [2.05, 4.69) is 26.1 Å². The van der Waals surface area contributed by atoms with E-state index >= 15 is 0 Å². The van der Waals surface area contributed by atoms with Crippen LogP contribution < -0.4 is 5.32 Å². The van der Waals surface area contributed by atoms with E-state index in [1.165, 1.54) is 23.9 Å². The normalized spacial score (nSPS) is 18.4. The van der Waals surface area contributed by atoms with Crippen molar-refractivity contribution in [2.24, 2.45) is 0 Å². The summed E-state index contributed by atoms with van der Waals surface area (Å²) >= 11 is 1.46. The Morgan fingerprint density at radius 2 is 1.88 bits per heavy atom. The van der Waals surface area contributed by atoms with E-state index in [9.17, 15) is 14.0 Å². The fourth-order valence-corrected chi connectivity index (χ4v) is 5.26. The average molecular weight is 467 g/mol. The van der Waals surface area contributed by atoms with Crippen LogP contribution in [0.2, 0.25) is 0 Å². The molecule has 2 heterocycles. The molecular weight excluding hydrogens is 439 g/mol. The number of carbonyl (C=O) groups excluding carboxylic acids is 2. The lowest BCUT2D eigenvalue weighted by molar-refractivity contribution is -0.125. The topological polar surface area (TPSA) is 62.6 Å². The number of nitrogens with zero attached hydrogens (tertiary/aromatic N) is 1. The first kappa shape index (κ1) is 23.1. The minimum absolute atomic E-state index is 0.0382. The van der Waals surface area contributed by atoms with Gasteiger partial charge in [0, 0.05) is 11.3 Å². The van der Waals surface area contributed by atoms with E-state index < -0.39 is 11.4 Å². The highest BCUT2D eigenvalue weighted by Crippen LogP contribution is 2.42. The number of carbonyl (C=O) groups is 2. The number of benzene rings is 2. The summed E-state index contributed by atoms with van der Waals surface area (Å²) < 4.78 is 19.2. The van der Waals surface area contributed by atoms with Crippen LogP contribution in [0.1, 0.15) is 53.4 Å². The van der Waals surface area contributed by atoms with Gasteiger partial charge in [0.25, 0.3) is 5.91 Å². The lowest BCUT2D eigenvalue weighted by Crippen LogP contribution is -2.47. The van der Waals surface area contributed by atoms with E-state index in [0.717, 1.165) is 5.56 Å². The summed E-state index contributed by atoms with van der Waals surface area (Å²) in [5, 5.41) is 2.40. The molecular formula is C26H27FN2O3S. The number of furan rings is 1. The van der Waals surface area contributed by atoms with Gasteiger partial charge in [-0.3, -0.25) is 9.59 Å². The van der Waals surface area contributed by atoms with Crippen molar-refractivity contribution in [3.63, 3.8) is 0 Å². The average Bonchev–Trinajstić information content (AvgIpc) is 3.46. The van der Waals surface area contributed by atoms with Gasteiger partial charge in [0.05, 0.1) is 12.8 Å². The molecule has 1 N–H and O–H groups in total. The number of amides is 2. The van der Waals surface area contributed by atoms with Crippen LogP contribution in [0.4, 0.5) is 4.39 Å². The second-order valence-corrected chi connectivity index (χ2v) is 10.2. The monoisotopic (exact) mass is 466 g/mol. The fourth-order valence-electron chi connectivity index (χ4n) is 3.84. The van der Waals surface area contributed by atoms with Crippen LogP contribution in [0, 0.1) is 5.82 Å². The van der Waals surface area contributed by atoms with Gasteiger partial charge in [-0.1, -0.05) is 45.0 Å². The molecule has 3 aromatic rings. The summed E-state index contributed by atoms with van der Waals surface area (Å²) in [4.78, 5) is 28.3. The molecule has 172 valence electrons. The van der Waals surface area contributed by atoms with Gasteiger partial charge in [-0.25, -0.2) is 4.39 Å². The Morgan fingerprint density at radius 3 is 2.52 bits per heavy atom. The van der Waals surface area contributed by atoms with Crippen LogP contribution in [-0.4, -0.2) is 28.5 Å². The first-order chi connectivity index (χ1) is 15.7. The second kappa shape index (κ2) is 9.43. The minimum Gasteiger partial charge on any atom is -0.467 e. The van der Waals surface area contributed by atoms with Crippen molar-refractivity contribution >= 4 is 23.6 Å². The SMILES string of the molecule is CC(C)(C)c1ccc(C(=O)N2C(C(=O)NCc3ccco3)CSC2c2cccc(F)c2)cc1. The van der Waals surface area contributed by atoms with Crippen molar-refractivity contribution < 1.29 is 18.4 Å². The van der Waals surface area contributed by atoms with Crippen molar-refractivity contribution in [1.29, 1.82) is 0 Å². The smallest absolute Gasteiger partial charge is 0.255 e. The van der Waals surface area contributed by atoms with Gasteiger partial charge in [-0.2, -0.15) is 0 Å². The molecule has 2 unspecified atom stereocenters. The molecule has 0 saturated carbocycles. The molecule has 5 nitrogen and oxygen atoms in total. The summed E-state index contributed by atoms with van der Waals surface area (Å²) in [5.74, 6) is 0.147. The van der Waals surface area contributed by atoms with Gasteiger partial charge in [0.2, 0.25) is 5.91 Å². The Hall–Kier alpha value is -3.06. The van der Waals surface area contributed by atoms with Crippen molar-refractivity contribution in [3.05, 3.63) is 95.2 Å². The molecule has 2 atom stereocenters. The summed E-state index contributed by atoms with van der Waals surface area (Å²) in [5.41, 5.74) is 2.23. The summed E-state index contributed by atoms with van der Waals surface area (Å²) in [7, 11) is 0. The van der Waals surface area contributed by atoms with Gasteiger partial charge in [-0.15, -0.1) is 11.8 Å². The molecule has 0 bridgehead atoms. The zero-order chi connectivity index (χ0) is 23.6. The Morgan fingerprint density at radius 1 is 1.12 bits per heavy atom. The second-order valence-electron chi connectivity index (χ2n) is 9.09. The lowest BCUT2D eigenvalue weighted by Gasteiger charge is -2.29. The molecule has 0 aliphatic carbocycles. The van der Waals surface area contributed by atoms with E-state index in [4.69, 9.17) is 4.42 Å². The van der Waals surface area contributed by atoms with E-state index in [1.54, 1.807) is 47.6 Å². The van der Waals surface area contributed by atoms with E-state index in [0.29, 0.717) is 22.6 Å². The maximum atomic E-state index is 14.0. The van der Waals surface area contributed by atoms with Crippen molar-refractivity contribution in [1.82, 2.24) is 10.2 Å². The summed E-state index contributed by atoms with van der Waals surface area (Å²) in [6, 6.07) is 16.5. The molecule has 1 aromatic heterocycles. The van der Waals surface area contributed by atoms with Gasteiger partial charge >= 0.3 is 0 Å². The number of hydrogen-bond acceptors (Lipinski definition) is 4. The van der Waals surface area contributed by atoms with Crippen molar-refractivity contribution in [2.75, 3.05) is 5.75 Å². The zero-order valence-electron chi connectivity index (χ0n) is 18.9. The van der Waals surface area contributed by atoms with Crippen LogP contribution in [0.3, 0.4) is 0 Å². The zero-order valence-corrected chi connectivity index (χ0v) is 19.7. The molecule has 2 aromatic carbocycles. The maximum absolute atomic E-state index is 14.0. The van der Waals surface area contributed by atoms with Gasteiger partial charge in [-0.05, 0) is 52.9 Å². The number of halogens is 1. The largest absolute Gasteiger partial charge is 0.467 e. The van der Waals surface area contributed by atoms with Crippen LogP contribution >= 0.6 is 11.8 Å². The summed E-state index contributed by atoms with van der Waals surface area (Å²) in [6.07, 6.45) is 1.55. The number of rotatable bonds is 5. The van der Waals surface area contributed by atoms with Crippen molar-refractivity contribution in [3.8, 4) is 0 Å². The van der Waals surface area contributed by atoms with E-state index in [-0.39, 0.29) is 29.6 Å². The Bertz CT molecular complexity index is 1120. The molecule has 7 heteroatoms. The third kappa shape index (κ3) is 5.14. The van der Waals surface area contributed by atoms with Crippen LogP contribution in [0.25, 0.3) is 0 Å². The predicted octanol–water partition coefficient (Wildman–Crippen LogP) is 5.29. The fraction of sp³-hybridized carbons (Fsp3) is 0.308. The molecule has 1 saturated heterocycles. The number of nitrogens with one attached hydrogen (secondary N) is 1. The molecule has 0 spiro atoms. The highest BCUT2D eigenvalue weighted by atomic mass is 32.2. The van der Waals surface area contributed by atoms with Crippen LogP contribution in [0.15, 0.2) is 71.3 Å². The maximum Gasteiger partial charge on any atom is 0.255 e. The van der Waals surface area contributed by atoms with Gasteiger partial charge in [0.15, 0.2) is 0 Å². The number of hydrogen-bond donors (Lipinski definition) is 1. The molecule has 33 heavy (non-hydrogen) atoms. The lowest BCUT2D eigenvalue weighted by atomic mass is 9.86. The molecule has 2 amide bonds. The van der Waals surface area contributed by atoms with Crippen molar-refractivity contribution in [2.45, 2.75) is 44.1 Å². The predicted molar refractivity (Wildman–Crippen MR) is 127 cm³/mol. The standard InChI is InChI=1S/C26H27FN2O3S/c1-26(2,3)19-11-9-17(10-12-19)24(31)29-22(23(30)28-15-21-8-5-13-32-21)16-33-25(29)18-6-4-7-20(27)14-18/h4-14,22,25H,15-16H2,1-3H3,(H,28,30). The molecule has 1 aliphatic rings. The molecule has 4 rings (SSSR count). The van der Waals surface area contributed by atoms with Crippen LogP contribution in [-0.2, 0) is 16.8 Å². The molecule has 1 aliphatic heterocycles. The molecule has 0 radical (unpaired) electrons. The molecule has 1 fully saturated rings. The first-order valence-corrected chi connectivity index (χ1v) is 11.9. The Balaban J connectivity index is 1.62. The third-order valence-corrected chi connectivity index (χ3v) is 7.01. The summed E-state index contributed by atoms with van der Waals surface area (Å²) in [6.45, 7) is 6.57. The van der Waals surface area contributed by atoms with E-state index in [1.807, 2.05) is 12.1 Å². The van der Waals surface area contributed by atoms with Gasteiger partial charge in [0.1, 0.15) is 23.0 Å². The first-order valence-electron chi connectivity index (χ1n) is 10.8. The highest BCUT2D eigenvalue weighted by Gasteiger charge is 2.42. The quantitative estimate of drug-likeness (QED) is 0.555. The third-order valence-electron chi connectivity index (χ3n) is 5.69. The highest BCUT2D eigenvalue weighted by molar-refractivity contribution is 7.99. The Kier molecular flexibility index (Phi) is 6.61. The minimum atomic E-state index is -0.687. The van der Waals surface area contributed by atoms with Gasteiger partial charge < -0.3 is 14.6 Å². The Labute approximate surface area is 197 Å².